The van der Waals surface area contributed by atoms with E-state index in [2.05, 4.69) is 30.7 Å². The number of hydrogen-bond donors (Lipinski definition) is 2. The Balaban J connectivity index is 1.16. The summed E-state index contributed by atoms with van der Waals surface area (Å²) in [5.41, 5.74) is 2.81. The summed E-state index contributed by atoms with van der Waals surface area (Å²) in [5.74, 6) is 0.818. The minimum absolute atomic E-state index is 0.0233. The van der Waals surface area contributed by atoms with Crippen LogP contribution in [-0.2, 0) is 19.8 Å². The van der Waals surface area contributed by atoms with Crippen LogP contribution in [0.25, 0.3) is 22.4 Å². The standard InChI is InChI=1S/C35H32F3N9O/c1-46-22-27(21-43-46)25-9-16-31(40-19-25)47(34(48)42-18-23-5-3-2-4-6-23)30-14-12-29(13-15-30)44-33-41-20-26(17-39)32(45-33)24-7-10-28(11-8-24)35(36,37)38/h2-11,16,19-22,29-30H,12-15,18H2,1H3,(H,42,48)(H,41,44,45)/t29-,30+. The van der Waals surface area contributed by atoms with Crippen LogP contribution in [0.3, 0.4) is 0 Å². The van der Waals surface area contributed by atoms with E-state index >= 15 is 0 Å². The number of amides is 2. The quantitative estimate of drug-likeness (QED) is 0.186. The Bertz CT molecular complexity index is 1900. The summed E-state index contributed by atoms with van der Waals surface area (Å²) in [6.07, 6.45) is 5.04. The number of nitrogens with one attached hydrogen (secondary N) is 2. The van der Waals surface area contributed by atoms with Gasteiger partial charge in [0.05, 0.1) is 29.2 Å². The van der Waals surface area contributed by atoms with Gasteiger partial charge in [-0.2, -0.15) is 23.5 Å². The van der Waals surface area contributed by atoms with Crippen molar-refractivity contribution in [1.29, 1.82) is 5.26 Å². The maximum absolute atomic E-state index is 13.7. The predicted octanol–water partition coefficient (Wildman–Crippen LogP) is 6.97. The van der Waals surface area contributed by atoms with Gasteiger partial charge in [-0.25, -0.2) is 19.7 Å². The Morgan fingerprint density at radius 2 is 1.67 bits per heavy atom. The number of aromatic nitrogens is 5. The first-order valence-electron chi connectivity index (χ1n) is 15.5. The van der Waals surface area contributed by atoms with Gasteiger partial charge in [0.1, 0.15) is 11.9 Å². The number of carbonyl (C=O) groups is 1. The molecule has 48 heavy (non-hydrogen) atoms. The number of pyridine rings is 1. The van der Waals surface area contributed by atoms with E-state index in [0.717, 1.165) is 28.8 Å². The highest BCUT2D eigenvalue weighted by molar-refractivity contribution is 5.91. The number of anilines is 2. The third kappa shape index (κ3) is 7.44. The van der Waals surface area contributed by atoms with Crippen molar-refractivity contribution in [3.63, 3.8) is 0 Å². The van der Waals surface area contributed by atoms with Gasteiger partial charge >= 0.3 is 12.2 Å². The monoisotopic (exact) mass is 651 g/mol. The van der Waals surface area contributed by atoms with Gasteiger partial charge in [0, 0.05) is 54.8 Å². The average Bonchev–Trinajstić information content (AvgIpc) is 3.54. The third-order valence-corrected chi connectivity index (χ3v) is 8.33. The number of alkyl halides is 3. The Kier molecular flexibility index (Phi) is 9.33. The van der Waals surface area contributed by atoms with Crippen LogP contribution in [0.4, 0.5) is 29.7 Å². The number of nitrogens with zero attached hydrogens (tertiary/aromatic N) is 7. The minimum Gasteiger partial charge on any atom is -0.351 e. The molecule has 2 aromatic carbocycles. The van der Waals surface area contributed by atoms with Gasteiger partial charge < -0.3 is 10.6 Å². The molecule has 1 aliphatic carbocycles. The van der Waals surface area contributed by atoms with Crippen molar-refractivity contribution >= 4 is 17.8 Å². The highest BCUT2D eigenvalue weighted by Gasteiger charge is 2.32. The van der Waals surface area contributed by atoms with Gasteiger partial charge in [0.25, 0.3) is 0 Å². The molecule has 244 valence electrons. The molecular formula is C35H32F3N9O. The summed E-state index contributed by atoms with van der Waals surface area (Å²) in [5, 5.41) is 20.2. The van der Waals surface area contributed by atoms with E-state index in [0.29, 0.717) is 43.6 Å². The number of hydrogen-bond acceptors (Lipinski definition) is 7. The highest BCUT2D eigenvalue weighted by Crippen LogP contribution is 2.33. The van der Waals surface area contributed by atoms with Crippen molar-refractivity contribution in [2.75, 3.05) is 10.2 Å². The van der Waals surface area contributed by atoms with Crippen molar-refractivity contribution in [3.8, 4) is 28.5 Å². The maximum Gasteiger partial charge on any atom is 0.416 e. The summed E-state index contributed by atoms with van der Waals surface area (Å²) >= 11 is 0. The molecular weight excluding hydrogens is 619 g/mol. The van der Waals surface area contributed by atoms with Crippen LogP contribution in [0.15, 0.2) is 91.5 Å². The lowest BCUT2D eigenvalue weighted by molar-refractivity contribution is -0.137. The molecule has 3 heterocycles. The van der Waals surface area contributed by atoms with E-state index < -0.39 is 11.7 Å². The fraction of sp³-hybridized carbons (Fsp3) is 0.257. The second-order valence-electron chi connectivity index (χ2n) is 11.6. The molecule has 10 nitrogen and oxygen atoms in total. The van der Waals surface area contributed by atoms with Crippen molar-refractivity contribution in [1.82, 2.24) is 30.0 Å². The molecule has 3 aromatic heterocycles. The zero-order chi connectivity index (χ0) is 33.7. The van der Waals surface area contributed by atoms with Crippen LogP contribution >= 0.6 is 0 Å². The fourth-order valence-corrected chi connectivity index (χ4v) is 5.82. The van der Waals surface area contributed by atoms with E-state index in [4.69, 9.17) is 0 Å². The van der Waals surface area contributed by atoms with Gasteiger partial charge in [-0.1, -0.05) is 42.5 Å². The first kappa shape index (κ1) is 32.2. The van der Waals surface area contributed by atoms with Crippen molar-refractivity contribution in [2.24, 2.45) is 7.05 Å². The second kappa shape index (κ2) is 13.9. The zero-order valence-corrected chi connectivity index (χ0v) is 26.0. The molecule has 0 aliphatic heterocycles. The second-order valence-corrected chi connectivity index (χ2v) is 11.6. The molecule has 13 heteroatoms. The Morgan fingerprint density at radius 3 is 2.29 bits per heavy atom. The number of urea groups is 1. The Morgan fingerprint density at radius 1 is 0.938 bits per heavy atom. The first-order chi connectivity index (χ1) is 23.2. The largest absolute Gasteiger partial charge is 0.416 e. The summed E-state index contributed by atoms with van der Waals surface area (Å²) in [7, 11) is 1.85. The van der Waals surface area contributed by atoms with Crippen molar-refractivity contribution in [2.45, 2.75) is 50.5 Å². The van der Waals surface area contributed by atoms with Crippen LogP contribution in [0.2, 0.25) is 0 Å². The highest BCUT2D eigenvalue weighted by atomic mass is 19.4. The molecule has 0 spiro atoms. The van der Waals surface area contributed by atoms with E-state index in [1.165, 1.54) is 18.3 Å². The van der Waals surface area contributed by atoms with Gasteiger partial charge in [-0.15, -0.1) is 0 Å². The summed E-state index contributed by atoms with van der Waals surface area (Å²) in [4.78, 5) is 28.9. The van der Waals surface area contributed by atoms with E-state index in [1.54, 1.807) is 22.0 Å². The number of rotatable bonds is 8. The zero-order valence-electron chi connectivity index (χ0n) is 26.0. The molecule has 0 bridgehead atoms. The van der Waals surface area contributed by atoms with Gasteiger partial charge in [-0.05, 0) is 55.5 Å². The average molecular weight is 652 g/mol. The molecule has 2 amide bonds. The smallest absolute Gasteiger partial charge is 0.351 e. The molecule has 1 aliphatic rings. The number of halogens is 3. The topological polar surface area (TPSA) is 125 Å². The van der Waals surface area contributed by atoms with E-state index in [9.17, 15) is 23.2 Å². The van der Waals surface area contributed by atoms with Crippen LogP contribution in [-0.4, -0.2) is 42.8 Å². The third-order valence-electron chi connectivity index (χ3n) is 8.33. The minimum atomic E-state index is -4.47. The van der Waals surface area contributed by atoms with Crippen LogP contribution in [0.5, 0.6) is 0 Å². The number of carbonyl (C=O) groups excluding carboxylic acids is 1. The van der Waals surface area contributed by atoms with E-state index in [-0.39, 0.29) is 35.3 Å². The predicted molar refractivity (Wildman–Crippen MR) is 174 cm³/mol. The number of benzene rings is 2. The maximum atomic E-state index is 13.7. The summed E-state index contributed by atoms with van der Waals surface area (Å²) < 4.78 is 41.0. The van der Waals surface area contributed by atoms with Crippen molar-refractivity contribution in [3.05, 3.63) is 108 Å². The number of nitriles is 1. The van der Waals surface area contributed by atoms with E-state index in [1.807, 2.05) is 61.8 Å². The van der Waals surface area contributed by atoms with Crippen molar-refractivity contribution < 1.29 is 18.0 Å². The Hall–Kier alpha value is -5.77. The number of aryl methyl sites for hydroxylation is 1. The molecule has 5 aromatic rings. The van der Waals surface area contributed by atoms with Crippen LogP contribution < -0.4 is 15.5 Å². The molecule has 1 fully saturated rings. The molecule has 0 unspecified atom stereocenters. The molecule has 0 atom stereocenters. The molecule has 0 radical (unpaired) electrons. The molecule has 1 saturated carbocycles. The Labute approximate surface area is 275 Å². The lowest BCUT2D eigenvalue weighted by atomic mass is 9.90. The lowest BCUT2D eigenvalue weighted by Crippen LogP contribution is -2.49. The van der Waals surface area contributed by atoms with Crippen LogP contribution in [0, 0.1) is 11.3 Å². The van der Waals surface area contributed by atoms with Gasteiger partial charge in [-0.3, -0.25) is 9.58 Å². The lowest BCUT2D eigenvalue weighted by Gasteiger charge is -2.36. The summed E-state index contributed by atoms with van der Waals surface area (Å²) in [6, 6.07) is 19.6. The first-order valence-corrected chi connectivity index (χ1v) is 15.5. The SMILES string of the molecule is Cn1cc(-c2ccc(N(C(=O)NCc3ccccc3)[C@H]3CC[C@@H](Nc4ncc(C#N)c(-c5ccc(C(F)(F)F)cc5)n4)CC3)nc2)cn1. The van der Waals surface area contributed by atoms with Gasteiger partial charge in [0.15, 0.2) is 0 Å². The summed E-state index contributed by atoms with van der Waals surface area (Å²) in [6.45, 7) is 0.373. The normalized spacial score (nSPS) is 16.1. The fourth-order valence-electron chi connectivity index (χ4n) is 5.82. The molecule has 2 N–H and O–H groups in total. The molecule has 6 rings (SSSR count). The van der Waals surface area contributed by atoms with Crippen LogP contribution in [0.1, 0.15) is 42.4 Å². The molecule has 0 saturated heterocycles. The van der Waals surface area contributed by atoms with Gasteiger partial charge in [0.2, 0.25) is 5.95 Å².